The first-order valence-corrected chi connectivity index (χ1v) is 10.4. The van der Waals surface area contributed by atoms with Crippen molar-refractivity contribution in [2.45, 2.75) is 23.8 Å². The van der Waals surface area contributed by atoms with Crippen LogP contribution < -0.4 is 10.1 Å². The fraction of sp³-hybridized carbons (Fsp3) is 0.190. The summed E-state index contributed by atoms with van der Waals surface area (Å²) in [6, 6.07) is 17.2. The molecule has 1 amide bonds. The molecule has 0 spiro atoms. The van der Waals surface area contributed by atoms with Gasteiger partial charge in [-0.2, -0.15) is 0 Å². The SMILES string of the molecule is CCC(Sc1nnc2ccc3ccccc3n12)C(=O)Nc1ccc(OC)c(Cl)c1. The molecule has 1 unspecified atom stereocenters. The molecule has 1 N–H and O–H groups in total. The van der Waals surface area contributed by atoms with E-state index in [1.165, 1.54) is 11.8 Å². The number of aromatic nitrogens is 3. The van der Waals surface area contributed by atoms with Crippen LogP contribution in [-0.2, 0) is 4.79 Å². The predicted octanol–water partition coefficient (Wildman–Crippen LogP) is 5.05. The number of halogens is 1. The van der Waals surface area contributed by atoms with Gasteiger partial charge in [-0.1, -0.05) is 48.5 Å². The van der Waals surface area contributed by atoms with Crippen LogP contribution in [0.4, 0.5) is 5.69 Å². The van der Waals surface area contributed by atoms with Crippen molar-refractivity contribution in [3.05, 3.63) is 59.6 Å². The first-order valence-electron chi connectivity index (χ1n) is 9.14. The second-order valence-corrected chi connectivity index (χ2v) is 8.00. The topological polar surface area (TPSA) is 68.5 Å². The first kappa shape index (κ1) is 19.5. The number of anilines is 1. The van der Waals surface area contributed by atoms with Gasteiger partial charge in [0.2, 0.25) is 5.91 Å². The quantitative estimate of drug-likeness (QED) is 0.437. The molecular formula is C21H19ClN4O2S. The third-order valence-corrected chi connectivity index (χ3v) is 6.18. The van der Waals surface area contributed by atoms with Gasteiger partial charge in [-0.15, -0.1) is 10.2 Å². The summed E-state index contributed by atoms with van der Waals surface area (Å²) >= 11 is 7.56. The lowest BCUT2D eigenvalue weighted by atomic mass is 10.2. The summed E-state index contributed by atoms with van der Waals surface area (Å²) < 4.78 is 7.14. The minimum absolute atomic E-state index is 0.115. The molecule has 0 bridgehead atoms. The van der Waals surface area contributed by atoms with Crippen molar-refractivity contribution in [3.8, 4) is 5.75 Å². The predicted molar refractivity (Wildman–Crippen MR) is 117 cm³/mol. The number of thioether (sulfide) groups is 1. The van der Waals surface area contributed by atoms with Gasteiger partial charge in [-0.3, -0.25) is 9.20 Å². The van der Waals surface area contributed by atoms with E-state index in [0.29, 0.717) is 28.0 Å². The molecule has 0 radical (unpaired) electrons. The van der Waals surface area contributed by atoms with Crippen LogP contribution in [0.1, 0.15) is 13.3 Å². The van der Waals surface area contributed by atoms with Crippen LogP contribution in [-0.4, -0.2) is 32.9 Å². The van der Waals surface area contributed by atoms with Crippen molar-refractivity contribution >= 4 is 51.5 Å². The molecule has 4 aromatic rings. The number of rotatable bonds is 6. The van der Waals surface area contributed by atoms with E-state index in [4.69, 9.17) is 16.3 Å². The summed E-state index contributed by atoms with van der Waals surface area (Å²) in [6.07, 6.45) is 0.639. The Morgan fingerprint density at radius 3 is 2.79 bits per heavy atom. The number of fused-ring (bicyclic) bond motifs is 3. The third-order valence-electron chi connectivity index (χ3n) is 4.58. The Labute approximate surface area is 177 Å². The average molecular weight is 427 g/mol. The Kier molecular flexibility index (Phi) is 5.60. The Morgan fingerprint density at radius 2 is 2.03 bits per heavy atom. The number of hydrogen-bond acceptors (Lipinski definition) is 5. The molecule has 2 aromatic heterocycles. The van der Waals surface area contributed by atoms with Crippen LogP contribution in [0.15, 0.2) is 59.8 Å². The van der Waals surface area contributed by atoms with Crippen LogP contribution in [0.3, 0.4) is 0 Å². The maximum atomic E-state index is 12.9. The Hall–Kier alpha value is -2.77. The molecule has 4 rings (SSSR count). The normalized spacial score (nSPS) is 12.2. The van der Waals surface area contributed by atoms with Crippen LogP contribution in [0.2, 0.25) is 5.02 Å². The van der Waals surface area contributed by atoms with E-state index in [9.17, 15) is 4.79 Å². The highest BCUT2D eigenvalue weighted by atomic mass is 35.5. The van der Waals surface area contributed by atoms with Crippen LogP contribution >= 0.6 is 23.4 Å². The molecular weight excluding hydrogens is 408 g/mol. The van der Waals surface area contributed by atoms with Gasteiger partial charge in [0.05, 0.1) is 22.9 Å². The van der Waals surface area contributed by atoms with Gasteiger partial charge in [0.25, 0.3) is 0 Å². The lowest BCUT2D eigenvalue weighted by molar-refractivity contribution is -0.115. The third kappa shape index (κ3) is 3.88. The highest BCUT2D eigenvalue weighted by Gasteiger charge is 2.22. The van der Waals surface area contributed by atoms with E-state index in [2.05, 4.69) is 15.5 Å². The van der Waals surface area contributed by atoms with E-state index < -0.39 is 0 Å². The van der Waals surface area contributed by atoms with Gasteiger partial charge in [0, 0.05) is 5.69 Å². The van der Waals surface area contributed by atoms with Gasteiger partial charge >= 0.3 is 0 Å². The van der Waals surface area contributed by atoms with Crippen molar-refractivity contribution < 1.29 is 9.53 Å². The minimum atomic E-state index is -0.331. The average Bonchev–Trinajstić information content (AvgIpc) is 3.15. The number of ether oxygens (including phenoxy) is 1. The van der Waals surface area contributed by atoms with E-state index in [1.54, 1.807) is 25.3 Å². The van der Waals surface area contributed by atoms with Crippen molar-refractivity contribution in [1.82, 2.24) is 14.6 Å². The zero-order chi connectivity index (χ0) is 20.4. The smallest absolute Gasteiger partial charge is 0.237 e. The maximum Gasteiger partial charge on any atom is 0.237 e. The number of nitrogens with one attached hydrogen (secondary N) is 1. The molecule has 0 aliphatic rings. The molecule has 2 aromatic carbocycles. The van der Waals surface area contributed by atoms with Gasteiger partial charge in [-0.05, 0) is 48.2 Å². The van der Waals surface area contributed by atoms with Crippen molar-refractivity contribution in [1.29, 1.82) is 0 Å². The lowest BCUT2D eigenvalue weighted by Crippen LogP contribution is -2.24. The standard InChI is InChI=1S/C21H19ClN4O2S/c1-3-18(20(27)23-14-9-10-17(28-2)15(22)12-14)29-21-25-24-19-11-8-13-6-4-5-7-16(13)26(19)21/h4-12,18H,3H2,1-2H3,(H,23,27). The lowest BCUT2D eigenvalue weighted by Gasteiger charge is -2.15. The monoisotopic (exact) mass is 426 g/mol. The van der Waals surface area contributed by atoms with Crippen LogP contribution in [0, 0.1) is 0 Å². The summed E-state index contributed by atoms with van der Waals surface area (Å²) in [7, 11) is 1.55. The number of methoxy groups -OCH3 is 1. The molecule has 0 aliphatic carbocycles. The van der Waals surface area contributed by atoms with E-state index >= 15 is 0 Å². The zero-order valence-electron chi connectivity index (χ0n) is 15.9. The Morgan fingerprint density at radius 1 is 1.21 bits per heavy atom. The number of amides is 1. The Bertz CT molecular complexity index is 1190. The summed E-state index contributed by atoms with van der Waals surface area (Å²) in [5.74, 6) is 0.448. The van der Waals surface area contributed by atoms with Crippen molar-refractivity contribution in [2.75, 3.05) is 12.4 Å². The van der Waals surface area contributed by atoms with Gasteiger partial charge in [0.1, 0.15) is 5.75 Å². The first-order chi connectivity index (χ1) is 14.1. The highest BCUT2D eigenvalue weighted by molar-refractivity contribution is 8.00. The number of hydrogen-bond donors (Lipinski definition) is 1. The maximum absolute atomic E-state index is 12.9. The molecule has 148 valence electrons. The minimum Gasteiger partial charge on any atom is -0.495 e. The molecule has 1 atom stereocenters. The van der Waals surface area contributed by atoms with Gasteiger partial charge < -0.3 is 10.1 Å². The molecule has 0 saturated carbocycles. The number of pyridine rings is 1. The van der Waals surface area contributed by atoms with Gasteiger partial charge in [-0.25, -0.2) is 0 Å². The molecule has 29 heavy (non-hydrogen) atoms. The zero-order valence-corrected chi connectivity index (χ0v) is 17.5. The Balaban J connectivity index is 1.60. The molecule has 2 heterocycles. The van der Waals surface area contributed by atoms with E-state index in [1.807, 2.05) is 47.7 Å². The van der Waals surface area contributed by atoms with Crippen molar-refractivity contribution in [3.63, 3.8) is 0 Å². The second kappa shape index (κ2) is 8.31. The number of para-hydroxylation sites is 1. The second-order valence-electron chi connectivity index (χ2n) is 6.42. The number of benzene rings is 2. The number of carbonyl (C=O) groups is 1. The molecule has 0 fully saturated rings. The highest BCUT2D eigenvalue weighted by Crippen LogP contribution is 2.30. The number of nitrogens with zero attached hydrogens (tertiary/aromatic N) is 3. The van der Waals surface area contributed by atoms with Crippen LogP contribution in [0.5, 0.6) is 5.75 Å². The summed E-state index contributed by atoms with van der Waals surface area (Å²) in [5.41, 5.74) is 2.38. The van der Waals surface area contributed by atoms with E-state index in [-0.39, 0.29) is 11.2 Å². The fourth-order valence-corrected chi connectivity index (χ4v) is 4.33. The molecule has 0 aliphatic heterocycles. The largest absolute Gasteiger partial charge is 0.495 e. The summed E-state index contributed by atoms with van der Waals surface area (Å²) in [6.45, 7) is 1.97. The van der Waals surface area contributed by atoms with E-state index in [0.717, 1.165) is 16.6 Å². The molecule has 6 nitrogen and oxygen atoms in total. The number of carbonyl (C=O) groups excluding carboxylic acids is 1. The summed E-state index contributed by atoms with van der Waals surface area (Å²) in [5, 5.41) is 13.4. The van der Waals surface area contributed by atoms with Crippen LogP contribution in [0.25, 0.3) is 16.6 Å². The van der Waals surface area contributed by atoms with Crippen molar-refractivity contribution in [2.24, 2.45) is 0 Å². The van der Waals surface area contributed by atoms with Gasteiger partial charge in [0.15, 0.2) is 10.8 Å². The fourth-order valence-electron chi connectivity index (χ4n) is 3.10. The summed E-state index contributed by atoms with van der Waals surface area (Å²) in [4.78, 5) is 12.9. The molecule has 8 heteroatoms. The molecule has 0 saturated heterocycles.